The van der Waals surface area contributed by atoms with Gasteiger partial charge in [0.2, 0.25) is 5.82 Å². The lowest BCUT2D eigenvalue weighted by molar-refractivity contribution is -0.387. The van der Waals surface area contributed by atoms with E-state index in [4.69, 9.17) is 0 Å². The molecule has 22 heavy (non-hydrogen) atoms. The van der Waals surface area contributed by atoms with Gasteiger partial charge in [0.1, 0.15) is 0 Å². The zero-order valence-electron chi connectivity index (χ0n) is 11.7. The van der Waals surface area contributed by atoms with Crippen molar-refractivity contribution in [2.75, 3.05) is 11.6 Å². The van der Waals surface area contributed by atoms with Crippen LogP contribution in [-0.2, 0) is 5.75 Å². The van der Waals surface area contributed by atoms with E-state index in [0.29, 0.717) is 5.56 Å². The third-order valence-corrected chi connectivity index (χ3v) is 3.55. The lowest BCUT2D eigenvalue weighted by atomic mass is 10.1. The summed E-state index contributed by atoms with van der Waals surface area (Å²) in [5, 5.41) is 13.2. The number of hydrogen-bond acceptors (Lipinski definition) is 4. The fraction of sp³-hybridized carbons (Fsp3) is 0.133. The number of rotatable bonds is 5. The molecule has 0 aliphatic carbocycles. The summed E-state index contributed by atoms with van der Waals surface area (Å²) in [7, 11) is 0. The molecule has 0 atom stereocenters. The Kier molecular flexibility index (Phi) is 5.11. The quantitative estimate of drug-likeness (QED) is 0.671. The Bertz CT molecular complexity index is 704. The maximum absolute atomic E-state index is 13.2. The number of halogens is 1. The molecule has 1 N–H and O–H groups in total. The molecule has 1 amide bonds. The number of nitrogens with one attached hydrogen (secondary N) is 1. The van der Waals surface area contributed by atoms with E-state index < -0.39 is 22.3 Å². The van der Waals surface area contributed by atoms with Crippen molar-refractivity contribution in [3.63, 3.8) is 0 Å². The van der Waals surface area contributed by atoms with Crippen LogP contribution in [0.3, 0.4) is 0 Å². The van der Waals surface area contributed by atoms with Crippen LogP contribution in [0.4, 0.5) is 15.8 Å². The van der Waals surface area contributed by atoms with Gasteiger partial charge in [-0.3, -0.25) is 14.9 Å². The molecule has 0 heterocycles. The van der Waals surface area contributed by atoms with Crippen molar-refractivity contribution in [3.8, 4) is 0 Å². The molecular weight excluding hydrogens is 307 g/mol. The molecule has 0 saturated carbocycles. The van der Waals surface area contributed by atoms with Gasteiger partial charge in [-0.1, -0.05) is 12.1 Å². The second-order valence-electron chi connectivity index (χ2n) is 4.51. The fourth-order valence-electron chi connectivity index (χ4n) is 1.85. The van der Waals surface area contributed by atoms with Crippen LogP contribution in [-0.4, -0.2) is 17.1 Å². The van der Waals surface area contributed by atoms with E-state index in [1.165, 1.54) is 6.07 Å². The van der Waals surface area contributed by atoms with E-state index in [1.54, 1.807) is 23.9 Å². The summed E-state index contributed by atoms with van der Waals surface area (Å²) in [4.78, 5) is 21.9. The summed E-state index contributed by atoms with van der Waals surface area (Å²) in [5.74, 6) is -0.493. The van der Waals surface area contributed by atoms with Gasteiger partial charge in [0.25, 0.3) is 5.91 Å². The van der Waals surface area contributed by atoms with E-state index in [1.807, 2.05) is 18.4 Å². The van der Waals surface area contributed by atoms with Crippen molar-refractivity contribution in [1.82, 2.24) is 0 Å². The van der Waals surface area contributed by atoms with Crippen LogP contribution < -0.4 is 5.32 Å². The van der Waals surface area contributed by atoms with Crippen molar-refractivity contribution < 1.29 is 14.1 Å². The minimum atomic E-state index is -0.940. The zero-order valence-corrected chi connectivity index (χ0v) is 12.5. The third-order valence-electron chi connectivity index (χ3n) is 2.93. The molecule has 0 unspecified atom stereocenters. The molecule has 5 nitrogen and oxygen atoms in total. The first-order valence-electron chi connectivity index (χ1n) is 6.34. The summed E-state index contributed by atoms with van der Waals surface area (Å²) in [5.41, 5.74) is 1.03. The molecule has 0 fully saturated rings. The van der Waals surface area contributed by atoms with E-state index >= 15 is 0 Å². The van der Waals surface area contributed by atoms with Crippen LogP contribution in [0.5, 0.6) is 0 Å². The number of carbonyl (C=O) groups is 1. The molecule has 2 aromatic rings. The molecule has 0 bridgehead atoms. The molecule has 0 saturated heterocycles. The average Bonchev–Trinajstić information content (AvgIpc) is 2.50. The van der Waals surface area contributed by atoms with Crippen molar-refractivity contribution in [1.29, 1.82) is 0 Å². The summed E-state index contributed by atoms with van der Waals surface area (Å²) >= 11 is 1.68. The van der Waals surface area contributed by atoms with Crippen LogP contribution in [0.15, 0.2) is 42.5 Å². The molecule has 2 rings (SSSR count). The first-order chi connectivity index (χ1) is 10.5. The lowest BCUT2D eigenvalue weighted by Crippen LogP contribution is -2.12. The van der Waals surface area contributed by atoms with Gasteiger partial charge in [0.05, 0.1) is 4.92 Å². The van der Waals surface area contributed by atoms with Crippen molar-refractivity contribution in [2.24, 2.45) is 0 Å². The molecule has 2 aromatic carbocycles. The smallest absolute Gasteiger partial charge is 0.306 e. The second kappa shape index (κ2) is 7.04. The highest BCUT2D eigenvalue weighted by molar-refractivity contribution is 7.97. The second-order valence-corrected chi connectivity index (χ2v) is 5.37. The monoisotopic (exact) mass is 320 g/mol. The molecule has 0 aliphatic rings. The van der Waals surface area contributed by atoms with Crippen molar-refractivity contribution in [3.05, 3.63) is 69.5 Å². The van der Waals surface area contributed by atoms with Crippen molar-refractivity contribution in [2.45, 2.75) is 5.75 Å². The van der Waals surface area contributed by atoms with E-state index in [-0.39, 0.29) is 5.69 Å². The summed E-state index contributed by atoms with van der Waals surface area (Å²) in [6.45, 7) is 0. The highest BCUT2D eigenvalue weighted by Gasteiger charge is 2.15. The molecule has 0 aliphatic heterocycles. The average molecular weight is 320 g/mol. The largest absolute Gasteiger partial charge is 0.322 e. The molecule has 7 heteroatoms. The minimum Gasteiger partial charge on any atom is -0.322 e. The highest BCUT2D eigenvalue weighted by atomic mass is 32.2. The summed E-state index contributed by atoms with van der Waals surface area (Å²) in [6, 6.07) is 10.3. The SMILES string of the molecule is CSCc1ccc(C(=O)Nc2ccc(F)c([N+](=O)[O-])c2)cc1. The van der Waals surface area contributed by atoms with Gasteiger partial charge in [-0.05, 0) is 36.1 Å². The van der Waals surface area contributed by atoms with Gasteiger partial charge in [-0.25, -0.2) is 0 Å². The van der Waals surface area contributed by atoms with Crippen LogP contribution >= 0.6 is 11.8 Å². The predicted octanol–water partition coefficient (Wildman–Crippen LogP) is 3.85. The Morgan fingerprint density at radius 2 is 1.95 bits per heavy atom. The minimum absolute atomic E-state index is 0.172. The third kappa shape index (κ3) is 3.82. The number of thioether (sulfide) groups is 1. The Balaban J connectivity index is 2.14. The van der Waals surface area contributed by atoms with Gasteiger partial charge in [0.15, 0.2) is 0 Å². The summed E-state index contributed by atoms with van der Waals surface area (Å²) in [6.07, 6.45) is 1.99. The molecule has 0 radical (unpaired) electrons. The highest BCUT2D eigenvalue weighted by Crippen LogP contribution is 2.22. The van der Waals surface area contributed by atoms with Crippen LogP contribution in [0, 0.1) is 15.9 Å². The number of benzene rings is 2. The first kappa shape index (κ1) is 16.0. The Labute approximate surface area is 130 Å². The molecule has 0 spiro atoms. The lowest BCUT2D eigenvalue weighted by Gasteiger charge is -2.06. The first-order valence-corrected chi connectivity index (χ1v) is 7.74. The van der Waals surface area contributed by atoms with Gasteiger partial charge in [0, 0.05) is 23.1 Å². The van der Waals surface area contributed by atoms with Crippen molar-refractivity contribution >= 4 is 29.0 Å². The Morgan fingerprint density at radius 3 is 2.55 bits per heavy atom. The normalized spacial score (nSPS) is 10.3. The standard InChI is InChI=1S/C15H13FN2O3S/c1-22-9-10-2-4-11(5-3-10)15(19)17-12-6-7-13(16)14(8-12)18(20)21/h2-8H,9H2,1H3,(H,17,19). The number of amides is 1. The maximum Gasteiger partial charge on any atom is 0.306 e. The molecular formula is C15H13FN2O3S. The number of nitrogens with zero attached hydrogens (tertiary/aromatic N) is 1. The predicted molar refractivity (Wildman–Crippen MR) is 84.7 cm³/mol. The van der Waals surface area contributed by atoms with Gasteiger partial charge >= 0.3 is 5.69 Å². The zero-order chi connectivity index (χ0) is 16.1. The van der Waals surface area contributed by atoms with Crippen LogP contribution in [0.2, 0.25) is 0 Å². The number of carbonyl (C=O) groups excluding carboxylic acids is 1. The molecule has 0 aromatic heterocycles. The van der Waals surface area contributed by atoms with Crippen LogP contribution in [0.1, 0.15) is 15.9 Å². The van der Waals surface area contributed by atoms with E-state index in [2.05, 4.69) is 5.32 Å². The van der Waals surface area contributed by atoms with E-state index in [9.17, 15) is 19.3 Å². The number of nitro groups is 1. The molecule has 114 valence electrons. The fourth-order valence-corrected chi connectivity index (χ4v) is 2.38. The van der Waals surface area contributed by atoms with Crippen LogP contribution in [0.25, 0.3) is 0 Å². The summed E-state index contributed by atoms with van der Waals surface area (Å²) < 4.78 is 13.2. The number of nitro benzene ring substituents is 1. The number of hydrogen-bond donors (Lipinski definition) is 1. The Hall–Kier alpha value is -2.41. The van der Waals surface area contributed by atoms with E-state index in [0.717, 1.165) is 23.4 Å². The van der Waals surface area contributed by atoms with Gasteiger partial charge in [-0.2, -0.15) is 16.2 Å². The Morgan fingerprint density at radius 1 is 1.27 bits per heavy atom. The topological polar surface area (TPSA) is 72.2 Å². The van der Waals surface area contributed by atoms with Gasteiger partial charge in [-0.15, -0.1) is 0 Å². The number of anilines is 1. The van der Waals surface area contributed by atoms with Gasteiger partial charge < -0.3 is 5.32 Å². The maximum atomic E-state index is 13.2.